The SMILES string of the molecule is CON(C(=O)Cl)C(C)C. The highest BCUT2D eigenvalue weighted by atomic mass is 35.5. The fourth-order valence-corrected chi connectivity index (χ4v) is 0.750. The van der Waals surface area contributed by atoms with Crippen LogP contribution in [0.25, 0.3) is 0 Å². The molecule has 0 atom stereocenters. The van der Waals surface area contributed by atoms with Crippen LogP contribution in [0.3, 0.4) is 0 Å². The van der Waals surface area contributed by atoms with Crippen LogP contribution in [0.4, 0.5) is 4.79 Å². The van der Waals surface area contributed by atoms with Gasteiger partial charge >= 0.3 is 5.37 Å². The van der Waals surface area contributed by atoms with Crippen LogP contribution in [0.1, 0.15) is 13.8 Å². The van der Waals surface area contributed by atoms with Crippen LogP contribution >= 0.6 is 11.6 Å². The van der Waals surface area contributed by atoms with E-state index < -0.39 is 5.37 Å². The highest BCUT2D eigenvalue weighted by Crippen LogP contribution is 2.01. The van der Waals surface area contributed by atoms with Crippen molar-refractivity contribution < 1.29 is 9.63 Å². The summed E-state index contributed by atoms with van der Waals surface area (Å²) in [7, 11) is 1.40. The molecule has 0 aromatic carbocycles. The predicted octanol–water partition coefficient (Wildman–Crippen LogP) is 1.62. The van der Waals surface area contributed by atoms with E-state index >= 15 is 0 Å². The summed E-state index contributed by atoms with van der Waals surface area (Å²) in [5, 5.41) is 0.495. The molecule has 0 aliphatic carbocycles. The van der Waals surface area contributed by atoms with E-state index in [9.17, 15) is 4.79 Å². The van der Waals surface area contributed by atoms with E-state index in [1.54, 1.807) is 0 Å². The van der Waals surface area contributed by atoms with E-state index in [-0.39, 0.29) is 6.04 Å². The average molecular weight is 152 g/mol. The lowest BCUT2D eigenvalue weighted by atomic mass is 10.4. The zero-order valence-corrected chi connectivity index (χ0v) is 6.47. The molecule has 0 aromatic heterocycles. The second-order valence-electron chi connectivity index (χ2n) is 1.86. The maximum atomic E-state index is 10.4. The van der Waals surface area contributed by atoms with Crippen LogP contribution < -0.4 is 0 Å². The number of hydrogen-bond donors (Lipinski definition) is 0. The summed E-state index contributed by atoms with van der Waals surface area (Å²) < 4.78 is 0. The Hall–Kier alpha value is -0.280. The summed E-state index contributed by atoms with van der Waals surface area (Å²) in [5.74, 6) is 0. The number of amides is 1. The lowest BCUT2D eigenvalue weighted by Crippen LogP contribution is -2.31. The van der Waals surface area contributed by atoms with Crippen molar-refractivity contribution in [1.29, 1.82) is 0 Å². The Morgan fingerprint density at radius 3 is 2.11 bits per heavy atom. The van der Waals surface area contributed by atoms with Gasteiger partial charge in [-0.3, -0.25) is 9.63 Å². The molecular weight excluding hydrogens is 142 g/mol. The van der Waals surface area contributed by atoms with Crippen molar-refractivity contribution >= 4 is 17.0 Å². The van der Waals surface area contributed by atoms with Gasteiger partial charge in [0, 0.05) is 0 Å². The molecule has 0 aliphatic rings. The molecule has 0 rings (SSSR count). The molecule has 0 aliphatic heterocycles. The number of carbonyl (C=O) groups is 1. The van der Waals surface area contributed by atoms with Crippen LogP contribution in [0.15, 0.2) is 0 Å². The monoisotopic (exact) mass is 151 g/mol. The largest absolute Gasteiger partial charge is 0.340 e. The topological polar surface area (TPSA) is 29.5 Å². The van der Waals surface area contributed by atoms with Crippen LogP contribution in [0, 0.1) is 0 Å². The molecule has 0 fully saturated rings. The minimum atomic E-state index is -0.590. The summed E-state index contributed by atoms with van der Waals surface area (Å²) in [4.78, 5) is 15.0. The van der Waals surface area contributed by atoms with E-state index in [4.69, 9.17) is 11.6 Å². The van der Waals surface area contributed by atoms with Gasteiger partial charge in [0.1, 0.15) is 0 Å². The molecule has 0 spiro atoms. The maximum Gasteiger partial charge on any atom is 0.340 e. The first-order valence-electron chi connectivity index (χ1n) is 2.62. The van der Waals surface area contributed by atoms with Crippen molar-refractivity contribution in [2.45, 2.75) is 19.9 Å². The number of halogens is 1. The molecule has 3 nitrogen and oxygen atoms in total. The van der Waals surface area contributed by atoms with Gasteiger partial charge in [-0.1, -0.05) is 0 Å². The molecule has 0 unspecified atom stereocenters. The van der Waals surface area contributed by atoms with Crippen molar-refractivity contribution in [3.05, 3.63) is 0 Å². The Kier molecular flexibility index (Phi) is 3.58. The Bertz CT molecular complexity index is 105. The third kappa shape index (κ3) is 2.67. The average Bonchev–Trinajstić information content (AvgIpc) is 1.64. The summed E-state index contributed by atoms with van der Waals surface area (Å²) in [6, 6.07) is -0.0139. The fraction of sp³-hybridized carbons (Fsp3) is 0.800. The van der Waals surface area contributed by atoms with Crippen LogP contribution in [-0.2, 0) is 4.84 Å². The van der Waals surface area contributed by atoms with Crippen LogP contribution in [-0.4, -0.2) is 23.6 Å². The molecule has 0 saturated heterocycles. The van der Waals surface area contributed by atoms with E-state index in [1.807, 2.05) is 13.8 Å². The zero-order chi connectivity index (χ0) is 7.44. The fourth-order valence-electron chi connectivity index (χ4n) is 0.486. The van der Waals surface area contributed by atoms with E-state index in [2.05, 4.69) is 4.84 Å². The van der Waals surface area contributed by atoms with Crippen LogP contribution in [0.5, 0.6) is 0 Å². The first kappa shape index (κ1) is 8.72. The van der Waals surface area contributed by atoms with Gasteiger partial charge in [-0.05, 0) is 25.4 Å². The summed E-state index contributed by atoms with van der Waals surface area (Å²) in [6.45, 7) is 3.62. The van der Waals surface area contributed by atoms with Gasteiger partial charge in [-0.25, -0.2) is 5.06 Å². The van der Waals surface area contributed by atoms with E-state index in [0.717, 1.165) is 5.06 Å². The lowest BCUT2D eigenvalue weighted by molar-refractivity contribution is -0.0991. The quantitative estimate of drug-likeness (QED) is 0.341. The maximum absolute atomic E-state index is 10.4. The highest BCUT2D eigenvalue weighted by molar-refractivity contribution is 6.62. The Balaban J connectivity index is 3.83. The van der Waals surface area contributed by atoms with Gasteiger partial charge in [-0.15, -0.1) is 0 Å². The molecule has 0 heterocycles. The third-order valence-electron chi connectivity index (χ3n) is 0.839. The Morgan fingerprint density at radius 2 is 2.11 bits per heavy atom. The van der Waals surface area contributed by atoms with Crippen LogP contribution in [0.2, 0.25) is 0 Å². The number of hydrogen-bond acceptors (Lipinski definition) is 2. The molecule has 0 radical (unpaired) electrons. The third-order valence-corrected chi connectivity index (χ3v) is 1.01. The molecular formula is C5H10ClNO2. The van der Waals surface area contributed by atoms with Crippen molar-refractivity contribution in [2.24, 2.45) is 0 Å². The van der Waals surface area contributed by atoms with E-state index in [1.165, 1.54) is 7.11 Å². The summed E-state index contributed by atoms with van der Waals surface area (Å²) in [5.41, 5.74) is 0. The molecule has 1 amide bonds. The summed E-state index contributed by atoms with van der Waals surface area (Å²) >= 11 is 5.10. The van der Waals surface area contributed by atoms with Crippen molar-refractivity contribution in [2.75, 3.05) is 7.11 Å². The first-order valence-corrected chi connectivity index (χ1v) is 3.00. The van der Waals surface area contributed by atoms with E-state index in [0.29, 0.717) is 0 Å². The zero-order valence-electron chi connectivity index (χ0n) is 5.72. The Morgan fingerprint density at radius 1 is 1.67 bits per heavy atom. The number of hydroxylamine groups is 2. The second-order valence-corrected chi connectivity index (χ2v) is 2.18. The van der Waals surface area contributed by atoms with Gasteiger partial charge in [0.15, 0.2) is 0 Å². The molecule has 9 heavy (non-hydrogen) atoms. The Labute approximate surface area is 59.5 Å². The molecule has 4 heteroatoms. The number of carbonyl (C=O) groups excluding carboxylic acids is 1. The smallest absolute Gasteiger partial charge is 0.273 e. The predicted molar refractivity (Wildman–Crippen MR) is 35.2 cm³/mol. The standard InChI is InChI=1S/C5H10ClNO2/c1-4(2)7(9-3)5(6)8/h4H,1-3H3. The van der Waals surface area contributed by atoms with Gasteiger partial charge < -0.3 is 0 Å². The van der Waals surface area contributed by atoms with Gasteiger partial charge in [0.2, 0.25) is 0 Å². The van der Waals surface area contributed by atoms with Gasteiger partial charge in [0.05, 0.1) is 13.2 Å². The lowest BCUT2D eigenvalue weighted by Gasteiger charge is -2.19. The molecule has 0 aromatic rings. The van der Waals surface area contributed by atoms with Gasteiger partial charge in [0.25, 0.3) is 0 Å². The normalized spacial score (nSPS) is 9.89. The van der Waals surface area contributed by atoms with Crippen molar-refractivity contribution in [3.63, 3.8) is 0 Å². The minimum Gasteiger partial charge on any atom is -0.273 e. The van der Waals surface area contributed by atoms with Crippen molar-refractivity contribution in [1.82, 2.24) is 5.06 Å². The second kappa shape index (κ2) is 3.69. The highest BCUT2D eigenvalue weighted by Gasteiger charge is 2.12. The molecule has 0 bridgehead atoms. The first-order chi connectivity index (χ1) is 4.09. The summed E-state index contributed by atoms with van der Waals surface area (Å²) in [6.07, 6.45) is 0. The molecule has 0 saturated carbocycles. The number of rotatable bonds is 2. The van der Waals surface area contributed by atoms with Gasteiger partial charge in [-0.2, -0.15) is 0 Å². The molecule has 54 valence electrons. The minimum absolute atomic E-state index is 0.0139. The molecule has 0 N–H and O–H groups in total. The van der Waals surface area contributed by atoms with Crippen molar-refractivity contribution in [3.8, 4) is 0 Å². The number of nitrogens with zero attached hydrogens (tertiary/aromatic N) is 1.